The average Bonchev–Trinajstić information content (AvgIpc) is 3.10. The number of nitrogens with one attached hydrogen (secondary N) is 1. The third-order valence-corrected chi connectivity index (χ3v) is 6.13. The first-order valence-corrected chi connectivity index (χ1v) is 9.32. The van der Waals surface area contributed by atoms with Crippen LogP contribution in [0.25, 0.3) is 5.03 Å². The van der Waals surface area contributed by atoms with E-state index in [9.17, 15) is 4.79 Å². The van der Waals surface area contributed by atoms with Crippen LogP contribution < -0.4 is 5.32 Å². The van der Waals surface area contributed by atoms with Gasteiger partial charge in [-0.15, -0.1) is 11.6 Å². The molecule has 1 amide bonds. The van der Waals surface area contributed by atoms with Crippen molar-refractivity contribution in [3.63, 3.8) is 0 Å². The van der Waals surface area contributed by atoms with Crippen molar-refractivity contribution in [2.45, 2.75) is 38.0 Å². The number of rotatable bonds is 5. The summed E-state index contributed by atoms with van der Waals surface area (Å²) >= 11 is 13.2. The van der Waals surface area contributed by atoms with Gasteiger partial charge in [0.15, 0.2) is 0 Å². The minimum atomic E-state index is -0.0200. The van der Waals surface area contributed by atoms with E-state index in [0.29, 0.717) is 23.4 Å². The van der Waals surface area contributed by atoms with E-state index in [4.69, 9.17) is 23.2 Å². The molecule has 1 aromatic rings. The van der Waals surface area contributed by atoms with Crippen molar-refractivity contribution in [3.8, 4) is 0 Å². The lowest BCUT2D eigenvalue weighted by molar-refractivity contribution is -0.118. The van der Waals surface area contributed by atoms with Crippen LogP contribution >= 0.6 is 23.2 Å². The van der Waals surface area contributed by atoms with Gasteiger partial charge in [0, 0.05) is 17.5 Å². The number of fused-ring (bicyclic) bond motifs is 2. The Morgan fingerprint density at radius 1 is 1.26 bits per heavy atom. The molecule has 1 N–H and O–H groups in total. The van der Waals surface area contributed by atoms with Gasteiger partial charge in [0.05, 0.1) is 5.03 Å². The van der Waals surface area contributed by atoms with Crippen molar-refractivity contribution in [1.82, 2.24) is 5.32 Å². The van der Waals surface area contributed by atoms with E-state index in [1.165, 1.54) is 0 Å². The molecule has 4 atom stereocenters. The maximum atomic E-state index is 12.8. The van der Waals surface area contributed by atoms with Crippen molar-refractivity contribution in [3.05, 3.63) is 41.5 Å². The zero-order valence-electron chi connectivity index (χ0n) is 13.4. The molecule has 0 saturated heterocycles. The van der Waals surface area contributed by atoms with Crippen molar-refractivity contribution in [2.75, 3.05) is 6.54 Å². The molecule has 4 heteroatoms. The monoisotopic (exact) mass is 351 g/mol. The molecule has 1 aromatic carbocycles. The molecule has 124 valence electrons. The maximum absolute atomic E-state index is 12.8. The summed E-state index contributed by atoms with van der Waals surface area (Å²) in [5, 5.41) is 3.78. The molecule has 2 fully saturated rings. The standard InChI is InChI=1S/C19H23Cl2NO/c1-2-10-22-19(23)17(18(21)12-6-4-3-5-7-12)16-13-8-9-14(16)15(20)11-13/h3-7,13-16H,2,8-11H2,1H3,(H,22,23)/b18-17+/t13-,14+,15-,16+/m1/s1. The van der Waals surface area contributed by atoms with Crippen LogP contribution in [0.4, 0.5) is 0 Å². The largest absolute Gasteiger partial charge is 0.352 e. The van der Waals surface area contributed by atoms with Gasteiger partial charge in [0.1, 0.15) is 0 Å². The molecule has 0 radical (unpaired) electrons. The number of benzene rings is 1. The molecule has 23 heavy (non-hydrogen) atoms. The Labute approximate surface area is 148 Å². The number of halogens is 2. The predicted octanol–water partition coefficient (Wildman–Crippen LogP) is 4.82. The first kappa shape index (κ1) is 16.9. The molecule has 0 aromatic heterocycles. The molecule has 0 unspecified atom stereocenters. The van der Waals surface area contributed by atoms with Gasteiger partial charge in [-0.1, -0.05) is 48.9 Å². The summed E-state index contributed by atoms with van der Waals surface area (Å²) in [6, 6.07) is 9.78. The van der Waals surface area contributed by atoms with Crippen LogP contribution in [0.1, 0.15) is 38.2 Å². The summed E-state index contributed by atoms with van der Waals surface area (Å²) in [5.41, 5.74) is 1.66. The third-order valence-electron chi connectivity index (χ3n) is 5.21. The molecular weight excluding hydrogens is 329 g/mol. The Morgan fingerprint density at radius 2 is 2.00 bits per heavy atom. The van der Waals surface area contributed by atoms with Gasteiger partial charge in [0.2, 0.25) is 5.91 Å². The zero-order valence-corrected chi connectivity index (χ0v) is 14.9. The topological polar surface area (TPSA) is 29.1 Å². The molecular formula is C19H23Cl2NO. The Kier molecular flexibility index (Phi) is 5.33. The predicted molar refractivity (Wildman–Crippen MR) is 96.5 cm³/mol. The smallest absolute Gasteiger partial charge is 0.249 e. The molecule has 0 heterocycles. The highest BCUT2D eigenvalue weighted by atomic mass is 35.5. The van der Waals surface area contributed by atoms with Gasteiger partial charge in [-0.25, -0.2) is 0 Å². The molecule has 2 nitrogen and oxygen atoms in total. The van der Waals surface area contributed by atoms with Crippen LogP contribution in [0.2, 0.25) is 0 Å². The van der Waals surface area contributed by atoms with Crippen LogP contribution in [0.3, 0.4) is 0 Å². The maximum Gasteiger partial charge on any atom is 0.249 e. The molecule has 3 rings (SSSR count). The second kappa shape index (κ2) is 7.27. The molecule has 2 aliphatic carbocycles. The lowest BCUT2D eigenvalue weighted by atomic mass is 9.87. The van der Waals surface area contributed by atoms with Crippen LogP contribution in [0.5, 0.6) is 0 Å². The van der Waals surface area contributed by atoms with Crippen LogP contribution in [-0.4, -0.2) is 17.8 Å². The van der Waals surface area contributed by atoms with E-state index >= 15 is 0 Å². The Morgan fingerprint density at radius 3 is 2.57 bits per heavy atom. The molecule has 0 spiro atoms. The number of carbonyl (C=O) groups excluding carboxylic acids is 1. The lowest BCUT2D eigenvalue weighted by Crippen LogP contribution is -2.31. The molecule has 2 bridgehead atoms. The molecule has 0 aliphatic heterocycles. The van der Waals surface area contributed by atoms with E-state index in [-0.39, 0.29) is 17.2 Å². The Hall–Kier alpha value is -0.990. The fourth-order valence-corrected chi connectivity index (χ4v) is 5.02. The van der Waals surface area contributed by atoms with Gasteiger partial charge >= 0.3 is 0 Å². The van der Waals surface area contributed by atoms with Crippen molar-refractivity contribution in [2.24, 2.45) is 17.8 Å². The summed E-state index contributed by atoms with van der Waals surface area (Å²) in [6.07, 6.45) is 4.17. The van der Waals surface area contributed by atoms with Crippen LogP contribution in [0.15, 0.2) is 35.9 Å². The van der Waals surface area contributed by atoms with Gasteiger partial charge in [-0.05, 0) is 49.0 Å². The first-order valence-electron chi connectivity index (χ1n) is 8.50. The second-order valence-corrected chi connectivity index (χ2v) is 7.57. The van der Waals surface area contributed by atoms with E-state index in [1.807, 2.05) is 30.3 Å². The summed E-state index contributed by atoms with van der Waals surface area (Å²) in [4.78, 5) is 12.8. The van der Waals surface area contributed by atoms with Crippen LogP contribution in [0, 0.1) is 17.8 Å². The van der Waals surface area contributed by atoms with Crippen molar-refractivity contribution < 1.29 is 4.79 Å². The zero-order chi connectivity index (χ0) is 16.4. The normalized spacial score (nSPS) is 30.2. The summed E-state index contributed by atoms with van der Waals surface area (Å²) in [7, 11) is 0. The third kappa shape index (κ3) is 3.29. The van der Waals surface area contributed by atoms with Crippen LogP contribution in [-0.2, 0) is 4.79 Å². The minimum absolute atomic E-state index is 0.0200. The van der Waals surface area contributed by atoms with Gasteiger partial charge < -0.3 is 5.32 Å². The van der Waals surface area contributed by atoms with E-state index in [2.05, 4.69) is 12.2 Å². The van der Waals surface area contributed by atoms with Crippen molar-refractivity contribution in [1.29, 1.82) is 0 Å². The second-order valence-electron chi connectivity index (χ2n) is 6.63. The number of amides is 1. The van der Waals surface area contributed by atoms with Crippen molar-refractivity contribution >= 4 is 34.1 Å². The summed E-state index contributed by atoms with van der Waals surface area (Å²) in [6.45, 7) is 2.73. The minimum Gasteiger partial charge on any atom is -0.352 e. The average molecular weight is 352 g/mol. The highest BCUT2D eigenvalue weighted by Gasteiger charge is 2.50. The number of alkyl halides is 1. The molecule has 2 saturated carbocycles. The fraction of sp³-hybridized carbons (Fsp3) is 0.526. The van der Waals surface area contributed by atoms with Gasteiger partial charge in [-0.2, -0.15) is 0 Å². The first-order chi connectivity index (χ1) is 11.1. The summed E-state index contributed by atoms with van der Waals surface area (Å²) < 4.78 is 0. The Balaban J connectivity index is 1.99. The molecule has 2 aliphatic rings. The number of hydrogen-bond acceptors (Lipinski definition) is 1. The van der Waals surface area contributed by atoms with Gasteiger partial charge in [0.25, 0.3) is 0 Å². The van der Waals surface area contributed by atoms with E-state index in [1.54, 1.807) is 0 Å². The highest BCUT2D eigenvalue weighted by molar-refractivity contribution is 6.51. The van der Waals surface area contributed by atoms with E-state index < -0.39 is 0 Å². The summed E-state index contributed by atoms with van der Waals surface area (Å²) in [5.74, 6) is 1.04. The lowest BCUT2D eigenvalue weighted by Gasteiger charge is -2.22. The van der Waals surface area contributed by atoms with E-state index in [0.717, 1.165) is 36.8 Å². The van der Waals surface area contributed by atoms with Gasteiger partial charge in [-0.3, -0.25) is 4.79 Å². The Bertz CT molecular complexity index is 599. The highest BCUT2D eigenvalue weighted by Crippen LogP contribution is 2.55. The quantitative estimate of drug-likeness (QED) is 0.598. The SMILES string of the molecule is CCCNC(=O)/C(=C(/Cl)c1ccccc1)[C@H]1[C@@H]2CC[C@H]1[C@H](Cl)C2. The number of hydrogen-bond donors (Lipinski definition) is 1. The fourth-order valence-electron chi connectivity index (χ4n) is 4.17. The number of carbonyl (C=O) groups is 1.